The van der Waals surface area contributed by atoms with Crippen molar-refractivity contribution in [3.63, 3.8) is 0 Å². The highest BCUT2D eigenvalue weighted by Gasteiger charge is 2.11. The molecule has 4 nitrogen and oxygen atoms in total. The molecule has 0 saturated heterocycles. The zero-order valence-corrected chi connectivity index (χ0v) is 14.9. The Morgan fingerprint density at radius 3 is 2.52 bits per heavy atom. The Morgan fingerprint density at radius 2 is 1.84 bits per heavy atom. The molecule has 130 valence electrons. The lowest BCUT2D eigenvalue weighted by Crippen LogP contribution is -2.17. The number of nitrogens with zero attached hydrogens (tertiary/aromatic N) is 1. The van der Waals surface area contributed by atoms with E-state index in [2.05, 4.69) is 30.5 Å². The van der Waals surface area contributed by atoms with Gasteiger partial charge < -0.3 is 5.11 Å². The van der Waals surface area contributed by atoms with Crippen LogP contribution in [-0.2, 0) is 0 Å². The van der Waals surface area contributed by atoms with Gasteiger partial charge in [0.25, 0.3) is 5.91 Å². The van der Waals surface area contributed by atoms with E-state index in [4.69, 9.17) is 0 Å². The molecule has 1 amide bonds. The highest BCUT2D eigenvalue weighted by atomic mass is 16.3. The number of phenolic OH excluding ortho intramolecular Hbond substituents is 1. The molecule has 4 heteroatoms. The van der Waals surface area contributed by atoms with Crippen molar-refractivity contribution in [2.45, 2.75) is 33.6 Å². The molecule has 0 atom stereocenters. The van der Waals surface area contributed by atoms with E-state index in [9.17, 15) is 9.90 Å². The van der Waals surface area contributed by atoms with Crippen LogP contribution >= 0.6 is 0 Å². The van der Waals surface area contributed by atoms with Crippen molar-refractivity contribution in [1.29, 1.82) is 0 Å². The molecule has 2 aromatic rings. The third-order valence-corrected chi connectivity index (χ3v) is 3.80. The monoisotopic (exact) mass is 336 g/mol. The number of carbonyl (C=O) groups excluding carboxylic acids is 1. The number of hydrogen-bond acceptors (Lipinski definition) is 3. The predicted octanol–water partition coefficient (Wildman–Crippen LogP) is 4.95. The maximum Gasteiger partial charge on any atom is 0.275 e. The molecule has 0 radical (unpaired) electrons. The second kappa shape index (κ2) is 8.83. The van der Waals surface area contributed by atoms with Crippen LogP contribution in [0.15, 0.2) is 64.8 Å². The fraction of sp³-hybridized carbons (Fsp3) is 0.238. The van der Waals surface area contributed by atoms with Gasteiger partial charge in [0.15, 0.2) is 0 Å². The highest BCUT2D eigenvalue weighted by molar-refractivity contribution is 6.01. The van der Waals surface area contributed by atoms with Crippen LogP contribution in [0.2, 0.25) is 0 Å². The van der Waals surface area contributed by atoms with Crippen molar-refractivity contribution >= 4 is 22.9 Å². The molecule has 2 rings (SSSR count). The van der Waals surface area contributed by atoms with Crippen molar-refractivity contribution in [1.82, 2.24) is 5.43 Å². The summed E-state index contributed by atoms with van der Waals surface area (Å²) in [6.07, 6.45) is 7.58. The number of amides is 1. The Labute approximate surface area is 148 Å². The van der Waals surface area contributed by atoms with E-state index in [0.29, 0.717) is 0 Å². The molecule has 0 aromatic heterocycles. The lowest BCUT2D eigenvalue weighted by Gasteiger charge is -2.05. The Balaban J connectivity index is 1.98. The van der Waals surface area contributed by atoms with E-state index >= 15 is 0 Å². The standard InChI is InChI=1S/C21H24N2O2/c1-15(2)7-6-8-16(3)11-12-22-23-21(25)19-13-17-9-4-5-10-18(17)14-20(19)24/h4-5,7,9-14,24H,6,8H2,1-3H3,(H,23,25)/b16-11+,22-12?. The number of nitrogens with one attached hydrogen (secondary N) is 1. The van der Waals surface area contributed by atoms with Gasteiger partial charge >= 0.3 is 0 Å². The van der Waals surface area contributed by atoms with Gasteiger partial charge in [-0.2, -0.15) is 5.10 Å². The number of rotatable bonds is 6. The summed E-state index contributed by atoms with van der Waals surface area (Å²) < 4.78 is 0. The van der Waals surface area contributed by atoms with Gasteiger partial charge in [-0.3, -0.25) is 4.79 Å². The summed E-state index contributed by atoms with van der Waals surface area (Å²) >= 11 is 0. The fourth-order valence-corrected chi connectivity index (χ4v) is 2.40. The van der Waals surface area contributed by atoms with Gasteiger partial charge in [0, 0.05) is 6.21 Å². The minimum absolute atomic E-state index is 0.0557. The van der Waals surface area contributed by atoms with Crippen molar-refractivity contribution in [3.05, 3.63) is 65.3 Å². The van der Waals surface area contributed by atoms with Crippen LogP contribution in [0.25, 0.3) is 10.8 Å². The predicted molar refractivity (Wildman–Crippen MR) is 104 cm³/mol. The van der Waals surface area contributed by atoms with Crippen LogP contribution in [0.4, 0.5) is 0 Å². The first kappa shape index (κ1) is 18.5. The summed E-state index contributed by atoms with van der Waals surface area (Å²) in [6, 6.07) is 10.8. The normalized spacial score (nSPS) is 11.7. The first-order valence-corrected chi connectivity index (χ1v) is 8.31. The number of carbonyl (C=O) groups is 1. The molecular weight excluding hydrogens is 312 g/mol. The number of phenols is 1. The van der Waals surface area contributed by atoms with Crippen LogP contribution in [0.3, 0.4) is 0 Å². The number of benzene rings is 2. The Kier molecular flexibility index (Phi) is 6.52. The largest absolute Gasteiger partial charge is 0.507 e. The fourth-order valence-electron chi connectivity index (χ4n) is 2.40. The molecule has 2 aromatic carbocycles. The summed E-state index contributed by atoms with van der Waals surface area (Å²) in [7, 11) is 0. The third kappa shape index (κ3) is 5.60. The van der Waals surface area contributed by atoms with E-state index in [-0.39, 0.29) is 11.3 Å². The maximum atomic E-state index is 12.2. The molecule has 0 unspecified atom stereocenters. The Bertz CT molecular complexity index is 844. The maximum absolute atomic E-state index is 12.2. The minimum atomic E-state index is -0.435. The average molecular weight is 336 g/mol. The average Bonchev–Trinajstić information content (AvgIpc) is 2.57. The molecule has 0 aliphatic carbocycles. The van der Waals surface area contributed by atoms with Crippen LogP contribution in [-0.4, -0.2) is 17.2 Å². The molecule has 2 N–H and O–H groups in total. The van der Waals surface area contributed by atoms with Gasteiger partial charge in [-0.05, 0) is 62.6 Å². The molecule has 0 spiro atoms. The SMILES string of the molecule is CC(C)=CCC/C(C)=C/C=NNC(=O)c1cc2ccccc2cc1O. The van der Waals surface area contributed by atoms with Crippen molar-refractivity contribution in [3.8, 4) is 5.75 Å². The van der Waals surface area contributed by atoms with Gasteiger partial charge in [-0.1, -0.05) is 41.5 Å². The zero-order chi connectivity index (χ0) is 18.2. The van der Waals surface area contributed by atoms with Crippen molar-refractivity contribution < 1.29 is 9.90 Å². The quantitative estimate of drug-likeness (QED) is 0.445. The second-order valence-electron chi connectivity index (χ2n) is 6.27. The molecule has 0 saturated carbocycles. The van der Waals surface area contributed by atoms with Gasteiger partial charge in [0.2, 0.25) is 0 Å². The second-order valence-corrected chi connectivity index (χ2v) is 6.27. The van der Waals surface area contributed by atoms with Crippen LogP contribution in [0.5, 0.6) is 5.75 Å². The first-order chi connectivity index (χ1) is 12.0. The lowest BCUT2D eigenvalue weighted by atomic mass is 10.1. The summed E-state index contributed by atoms with van der Waals surface area (Å²) in [6.45, 7) is 6.19. The summed E-state index contributed by atoms with van der Waals surface area (Å²) in [5.74, 6) is -0.491. The third-order valence-electron chi connectivity index (χ3n) is 3.80. The van der Waals surface area contributed by atoms with Crippen molar-refractivity contribution in [2.24, 2.45) is 5.10 Å². The van der Waals surface area contributed by atoms with Crippen LogP contribution < -0.4 is 5.43 Å². The van der Waals surface area contributed by atoms with E-state index in [1.54, 1.807) is 18.3 Å². The molecule has 25 heavy (non-hydrogen) atoms. The molecule has 0 heterocycles. The molecular formula is C21H24N2O2. The van der Waals surface area contributed by atoms with Crippen molar-refractivity contribution in [2.75, 3.05) is 0 Å². The molecule has 0 aliphatic rings. The topological polar surface area (TPSA) is 61.7 Å². The summed E-state index contributed by atoms with van der Waals surface area (Å²) in [4.78, 5) is 12.2. The van der Waals surface area contributed by atoms with E-state index in [0.717, 1.165) is 23.6 Å². The van der Waals surface area contributed by atoms with E-state index in [1.807, 2.05) is 37.3 Å². The lowest BCUT2D eigenvalue weighted by molar-refractivity contribution is 0.0952. The van der Waals surface area contributed by atoms with Gasteiger partial charge in [0.05, 0.1) is 5.56 Å². The Morgan fingerprint density at radius 1 is 1.16 bits per heavy atom. The number of hydrogen-bond donors (Lipinski definition) is 2. The van der Waals surface area contributed by atoms with Crippen LogP contribution in [0.1, 0.15) is 44.0 Å². The number of aromatic hydroxyl groups is 1. The highest BCUT2D eigenvalue weighted by Crippen LogP contribution is 2.24. The molecule has 0 fully saturated rings. The first-order valence-electron chi connectivity index (χ1n) is 8.31. The van der Waals surface area contributed by atoms with E-state index in [1.165, 1.54) is 11.1 Å². The van der Waals surface area contributed by atoms with Gasteiger partial charge in [0.1, 0.15) is 5.75 Å². The zero-order valence-electron chi connectivity index (χ0n) is 14.9. The number of allylic oxidation sites excluding steroid dienone is 4. The molecule has 0 bridgehead atoms. The number of hydrazone groups is 1. The Hall–Kier alpha value is -2.88. The van der Waals surface area contributed by atoms with E-state index < -0.39 is 5.91 Å². The summed E-state index contributed by atoms with van der Waals surface area (Å²) in [5, 5.41) is 15.7. The minimum Gasteiger partial charge on any atom is -0.507 e. The smallest absolute Gasteiger partial charge is 0.275 e. The van der Waals surface area contributed by atoms with Crippen LogP contribution in [0, 0.1) is 0 Å². The summed E-state index contributed by atoms with van der Waals surface area (Å²) in [5.41, 5.74) is 5.15. The van der Waals surface area contributed by atoms with Gasteiger partial charge in [-0.15, -0.1) is 0 Å². The molecule has 0 aliphatic heterocycles. The van der Waals surface area contributed by atoms with Gasteiger partial charge in [-0.25, -0.2) is 5.43 Å². The number of fused-ring (bicyclic) bond motifs is 1.